The van der Waals surface area contributed by atoms with E-state index in [0.29, 0.717) is 6.07 Å². The van der Waals surface area contributed by atoms with Gasteiger partial charge in [-0.05, 0) is 13.0 Å². The predicted molar refractivity (Wildman–Crippen MR) is 57.2 cm³/mol. The summed E-state index contributed by atoms with van der Waals surface area (Å²) in [5, 5.41) is 21.1. The van der Waals surface area contributed by atoms with Crippen LogP contribution in [0.3, 0.4) is 0 Å². The van der Waals surface area contributed by atoms with E-state index in [1.165, 1.54) is 0 Å². The number of rotatable bonds is 4. The Bertz CT molecular complexity index is 580. The van der Waals surface area contributed by atoms with Gasteiger partial charge in [-0.15, -0.1) is 0 Å². The lowest BCUT2D eigenvalue weighted by Crippen LogP contribution is -2.07. The molecule has 0 aliphatic heterocycles. The second kappa shape index (κ2) is 4.45. The molecule has 0 amide bonds. The largest absolute Gasteiger partial charge is 0.294 e. The molecular weight excluding hydrogens is 252 g/mol. The van der Waals surface area contributed by atoms with Gasteiger partial charge in [-0.2, -0.15) is 0 Å². The van der Waals surface area contributed by atoms with Crippen molar-refractivity contribution in [2.24, 2.45) is 0 Å². The van der Waals surface area contributed by atoms with Crippen molar-refractivity contribution in [2.45, 2.75) is 4.90 Å². The lowest BCUT2D eigenvalue weighted by Gasteiger charge is -2.02. The second-order valence-electron chi connectivity index (χ2n) is 2.99. The monoisotopic (exact) mass is 259 g/mol. The van der Waals surface area contributed by atoms with E-state index in [2.05, 4.69) is 6.92 Å². The number of hydrogen-bond donors (Lipinski definition) is 0. The van der Waals surface area contributed by atoms with Crippen molar-refractivity contribution in [3.8, 4) is 0 Å². The Morgan fingerprint density at radius 2 is 1.76 bits per heavy atom. The maximum atomic E-state index is 11.5. The number of hydrogen-bond acceptors (Lipinski definition) is 6. The molecule has 17 heavy (non-hydrogen) atoms. The third kappa shape index (κ3) is 2.56. The predicted octanol–water partition coefficient (Wildman–Crippen LogP) is 1.11. The number of nitrogens with zero attached hydrogens (tertiary/aromatic N) is 2. The summed E-state index contributed by atoms with van der Waals surface area (Å²) in [6.45, 7) is 3.15. The van der Waals surface area contributed by atoms with Crippen LogP contribution in [-0.4, -0.2) is 24.0 Å². The zero-order valence-corrected chi connectivity index (χ0v) is 9.21. The summed E-state index contributed by atoms with van der Waals surface area (Å²) in [6, 6.07) is 2.36. The molecule has 0 aliphatic rings. The summed E-state index contributed by atoms with van der Waals surface area (Å²) >= 11 is 0. The van der Waals surface area contributed by atoms with Crippen LogP contribution in [0.5, 0.6) is 0 Å². The average Bonchev–Trinajstić information content (AvgIpc) is 2.28. The minimum absolute atomic E-state index is 0.542. The lowest BCUT2D eigenvalue weighted by atomic mass is 10.3. The van der Waals surface area contributed by atoms with Crippen LogP contribution in [0, 0.1) is 27.2 Å². The van der Waals surface area contributed by atoms with Gasteiger partial charge in [0.05, 0.1) is 21.7 Å². The first-order chi connectivity index (χ1) is 7.79. The molecule has 0 saturated heterocycles. The molecule has 0 atom stereocenters. The SMILES string of the molecule is [CH2]CS(=O)(=O)c1ccc([N+](=O)[O-])cc1[N+](=O)[O-]. The van der Waals surface area contributed by atoms with Crippen LogP contribution < -0.4 is 0 Å². The lowest BCUT2D eigenvalue weighted by molar-refractivity contribution is -0.396. The van der Waals surface area contributed by atoms with E-state index in [0.717, 1.165) is 12.1 Å². The maximum Gasteiger partial charge on any atom is 0.294 e. The number of nitro groups is 2. The molecule has 1 aromatic carbocycles. The maximum absolute atomic E-state index is 11.5. The number of sulfone groups is 1. The molecule has 0 bridgehead atoms. The van der Waals surface area contributed by atoms with E-state index in [-0.39, 0.29) is 0 Å². The molecule has 8 nitrogen and oxygen atoms in total. The van der Waals surface area contributed by atoms with Crippen molar-refractivity contribution >= 4 is 21.2 Å². The van der Waals surface area contributed by atoms with Crippen LogP contribution in [0.15, 0.2) is 23.1 Å². The van der Waals surface area contributed by atoms with Crippen molar-refractivity contribution in [3.63, 3.8) is 0 Å². The van der Waals surface area contributed by atoms with Crippen LogP contribution in [0.1, 0.15) is 0 Å². The molecule has 0 saturated carbocycles. The van der Waals surface area contributed by atoms with E-state index in [4.69, 9.17) is 0 Å². The summed E-state index contributed by atoms with van der Waals surface area (Å²) in [7, 11) is -3.89. The molecule has 0 heterocycles. The molecule has 0 aromatic heterocycles. The van der Waals surface area contributed by atoms with Crippen LogP contribution in [0.25, 0.3) is 0 Å². The van der Waals surface area contributed by atoms with Gasteiger partial charge in [0.1, 0.15) is 4.90 Å². The summed E-state index contributed by atoms with van der Waals surface area (Å²) in [4.78, 5) is 18.7. The second-order valence-corrected chi connectivity index (χ2v) is 5.06. The van der Waals surface area contributed by atoms with Gasteiger partial charge in [-0.3, -0.25) is 20.2 Å². The molecule has 0 aliphatic carbocycles. The van der Waals surface area contributed by atoms with E-state index in [1.54, 1.807) is 0 Å². The standard InChI is InChI=1S/C8H7N2O6S/c1-2-17(15,16)8-4-3-6(9(11)12)5-7(8)10(13)14/h3-5H,1-2H2. The fourth-order valence-electron chi connectivity index (χ4n) is 1.13. The van der Waals surface area contributed by atoms with Gasteiger partial charge < -0.3 is 0 Å². The first-order valence-electron chi connectivity index (χ1n) is 4.24. The molecule has 1 rings (SSSR count). The van der Waals surface area contributed by atoms with Crippen LogP contribution in [0.2, 0.25) is 0 Å². The highest BCUT2D eigenvalue weighted by molar-refractivity contribution is 7.91. The smallest absolute Gasteiger partial charge is 0.258 e. The first kappa shape index (κ1) is 13.0. The molecule has 0 N–H and O–H groups in total. The molecule has 0 fully saturated rings. The molecule has 1 aromatic rings. The minimum Gasteiger partial charge on any atom is -0.258 e. The fourth-order valence-corrected chi connectivity index (χ4v) is 2.08. The zero-order valence-electron chi connectivity index (χ0n) is 8.40. The number of non-ortho nitro benzene ring substituents is 1. The van der Waals surface area contributed by atoms with Crippen molar-refractivity contribution < 1.29 is 18.3 Å². The Kier molecular flexibility index (Phi) is 3.42. The van der Waals surface area contributed by atoms with Gasteiger partial charge in [0.2, 0.25) is 0 Å². The summed E-state index contributed by atoms with van der Waals surface area (Å²) in [6.07, 6.45) is 0. The van der Waals surface area contributed by atoms with E-state index in [9.17, 15) is 28.6 Å². The van der Waals surface area contributed by atoms with Gasteiger partial charge in [0.25, 0.3) is 11.4 Å². The van der Waals surface area contributed by atoms with Crippen LogP contribution in [-0.2, 0) is 9.84 Å². The molecule has 91 valence electrons. The quantitative estimate of drug-likeness (QED) is 0.589. The van der Waals surface area contributed by atoms with Gasteiger partial charge in [0, 0.05) is 6.07 Å². The molecule has 1 radical (unpaired) electrons. The molecule has 0 unspecified atom stereocenters. The van der Waals surface area contributed by atoms with E-state index >= 15 is 0 Å². The third-order valence-corrected chi connectivity index (χ3v) is 3.51. The van der Waals surface area contributed by atoms with Gasteiger partial charge in [-0.1, -0.05) is 0 Å². The average molecular weight is 259 g/mol. The fraction of sp³-hybridized carbons (Fsp3) is 0.125. The van der Waals surface area contributed by atoms with Crippen molar-refractivity contribution in [2.75, 3.05) is 5.75 Å². The highest BCUT2D eigenvalue weighted by Gasteiger charge is 2.27. The summed E-state index contributed by atoms with van der Waals surface area (Å²) < 4.78 is 22.9. The minimum atomic E-state index is -3.89. The van der Waals surface area contributed by atoms with Crippen LogP contribution >= 0.6 is 0 Å². The van der Waals surface area contributed by atoms with Crippen molar-refractivity contribution in [3.05, 3.63) is 45.4 Å². The third-order valence-electron chi connectivity index (χ3n) is 1.95. The Labute approximate surface area is 96.1 Å². The summed E-state index contributed by atoms with van der Waals surface area (Å²) in [5.74, 6) is -0.564. The Morgan fingerprint density at radius 3 is 2.18 bits per heavy atom. The van der Waals surface area contributed by atoms with Gasteiger partial charge in [-0.25, -0.2) is 8.42 Å². The van der Waals surface area contributed by atoms with Crippen molar-refractivity contribution in [1.29, 1.82) is 0 Å². The Balaban J connectivity index is 3.54. The van der Waals surface area contributed by atoms with Crippen LogP contribution in [0.4, 0.5) is 11.4 Å². The zero-order chi connectivity index (χ0) is 13.2. The summed E-state index contributed by atoms with van der Waals surface area (Å²) in [5.41, 5.74) is -1.36. The molecule has 9 heteroatoms. The first-order valence-corrected chi connectivity index (χ1v) is 5.89. The highest BCUT2D eigenvalue weighted by Crippen LogP contribution is 2.28. The van der Waals surface area contributed by atoms with Gasteiger partial charge in [0.15, 0.2) is 9.84 Å². The Morgan fingerprint density at radius 1 is 1.18 bits per heavy atom. The van der Waals surface area contributed by atoms with E-state index in [1.807, 2.05) is 0 Å². The van der Waals surface area contributed by atoms with Crippen molar-refractivity contribution in [1.82, 2.24) is 0 Å². The topological polar surface area (TPSA) is 120 Å². The number of benzene rings is 1. The Hall–Kier alpha value is -2.03. The van der Waals surface area contributed by atoms with E-state index < -0.39 is 41.7 Å². The normalized spacial score (nSPS) is 11.1. The molecular formula is C8H7N2O6S. The highest BCUT2D eigenvalue weighted by atomic mass is 32.2. The number of nitro benzene ring substituents is 2. The van der Waals surface area contributed by atoms with Gasteiger partial charge >= 0.3 is 0 Å². The molecule has 0 spiro atoms.